The fourth-order valence-corrected chi connectivity index (χ4v) is 0.523. The zero-order valence-corrected chi connectivity index (χ0v) is 6.66. The summed E-state index contributed by atoms with van der Waals surface area (Å²) in [5.41, 5.74) is 4.85. The van der Waals surface area contributed by atoms with E-state index in [1.807, 2.05) is 0 Å². The van der Waals surface area contributed by atoms with E-state index in [2.05, 4.69) is 16.6 Å². The van der Waals surface area contributed by atoms with E-state index >= 15 is 0 Å². The summed E-state index contributed by atoms with van der Waals surface area (Å²) in [4.78, 5) is 21.0. The average Bonchev–Trinajstić information content (AvgIpc) is 2.11. The number of rotatable bonds is 4. The molecule has 0 aromatic heterocycles. The molecule has 0 saturated heterocycles. The molecule has 0 amide bonds. The fraction of sp³-hybridized carbons (Fsp3) is 0.143. The number of aldehydes is 1. The van der Waals surface area contributed by atoms with Gasteiger partial charge in [-0.25, -0.2) is 4.79 Å². The van der Waals surface area contributed by atoms with Gasteiger partial charge < -0.3 is 15.8 Å². The Morgan fingerprint density at radius 1 is 1.67 bits per heavy atom. The number of hydrogen-bond acceptors (Lipinski definition) is 5. The maximum Gasteiger partial charge on any atom is 0.356 e. The lowest BCUT2D eigenvalue weighted by atomic mass is 10.3. The molecule has 0 saturated carbocycles. The molecule has 5 heteroatoms. The number of ether oxygens (including phenoxy) is 1. The van der Waals surface area contributed by atoms with Crippen LogP contribution in [0, 0.1) is 0 Å². The minimum Gasteiger partial charge on any atom is -0.464 e. The van der Waals surface area contributed by atoms with E-state index < -0.39 is 5.97 Å². The molecule has 0 fully saturated rings. The van der Waals surface area contributed by atoms with Gasteiger partial charge in [0.15, 0.2) is 12.0 Å². The number of allylic oxidation sites excluding steroid dienone is 1. The van der Waals surface area contributed by atoms with E-state index in [1.54, 1.807) is 0 Å². The third kappa shape index (κ3) is 2.45. The van der Waals surface area contributed by atoms with Gasteiger partial charge in [-0.05, 0) is 6.20 Å². The third-order valence-electron chi connectivity index (χ3n) is 1.05. The van der Waals surface area contributed by atoms with Crippen LogP contribution in [-0.2, 0) is 14.3 Å². The molecule has 0 heterocycles. The van der Waals surface area contributed by atoms with Crippen molar-refractivity contribution in [1.29, 1.82) is 0 Å². The third-order valence-corrected chi connectivity index (χ3v) is 1.05. The van der Waals surface area contributed by atoms with Crippen molar-refractivity contribution >= 4 is 12.3 Å². The van der Waals surface area contributed by atoms with Crippen molar-refractivity contribution in [3.63, 3.8) is 0 Å². The summed E-state index contributed by atoms with van der Waals surface area (Å²) >= 11 is 0. The highest BCUT2D eigenvalue weighted by Crippen LogP contribution is 1.95. The van der Waals surface area contributed by atoms with Gasteiger partial charge in [-0.1, -0.05) is 6.58 Å². The number of methoxy groups -OCH3 is 1. The summed E-state index contributed by atoms with van der Waals surface area (Å²) in [7, 11) is 1.19. The first-order chi connectivity index (χ1) is 5.67. The summed E-state index contributed by atoms with van der Waals surface area (Å²) in [6, 6.07) is 0. The van der Waals surface area contributed by atoms with Crippen LogP contribution in [0.4, 0.5) is 0 Å². The molecule has 0 aliphatic carbocycles. The first-order valence-electron chi connectivity index (χ1n) is 3.08. The molecule has 0 rings (SSSR count). The summed E-state index contributed by atoms with van der Waals surface area (Å²) in [6.45, 7) is 3.31. The number of nitrogens with two attached hydrogens (primary N) is 1. The molecular formula is C7H10N2O3. The lowest BCUT2D eigenvalue weighted by molar-refractivity contribution is -0.136. The number of esters is 1. The van der Waals surface area contributed by atoms with Crippen LogP contribution in [-0.4, -0.2) is 19.4 Å². The molecule has 0 aromatic rings. The van der Waals surface area contributed by atoms with Crippen LogP contribution in [0.5, 0.6) is 0 Å². The van der Waals surface area contributed by atoms with Crippen molar-refractivity contribution in [3.05, 3.63) is 24.2 Å². The van der Waals surface area contributed by atoms with Crippen LogP contribution in [0.25, 0.3) is 0 Å². The van der Waals surface area contributed by atoms with E-state index in [0.29, 0.717) is 6.29 Å². The highest BCUT2D eigenvalue weighted by molar-refractivity contribution is 5.94. The van der Waals surface area contributed by atoms with Gasteiger partial charge in [-0.3, -0.25) is 4.79 Å². The van der Waals surface area contributed by atoms with Crippen LogP contribution >= 0.6 is 0 Å². The SMILES string of the molecule is C=CN/C(C(=O)OC)=C(\N)C=O. The van der Waals surface area contributed by atoms with Crippen LogP contribution < -0.4 is 11.1 Å². The van der Waals surface area contributed by atoms with Crippen molar-refractivity contribution < 1.29 is 14.3 Å². The minimum atomic E-state index is -0.709. The molecule has 0 unspecified atom stereocenters. The highest BCUT2D eigenvalue weighted by atomic mass is 16.5. The Labute approximate surface area is 69.9 Å². The first-order valence-corrected chi connectivity index (χ1v) is 3.08. The molecular weight excluding hydrogens is 160 g/mol. The van der Waals surface area contributed by atoms with Gasteiger partial charge in [0.2, 0.25) is 0 Å². The molecule has 3 N–H and O–H groups in total. The van der Waals surface area contributed by atoms with Gasteiger partial charge >= 0.3 is 5.97 Å². The van der Waals surface area contributed by atoms with E-state index in [4.69, 9.17) is 5.73 Å². The number of hydrogen-bond donors (Lipinski definition) is 2. The van der Waals surface area contributed by atoms with Gasteiger partial charge in [0, 0.05) is 0 Å². The van der Waals surface area contributed by atoms with Crippen LogP contribution in [0.1, 0.15) is 0 Å². The predicted molar refractivity (Wildman–Crippen MR) is 42.6 cm³/mol. The Morgan fingerprint density at radius 2 is 2.25 bits per heavy atom. The smallest absolute Gasteiger partial charge is 0.356 e. The van der Waals surface area contributed by atoms with E-state index in [-0.39, 0.29) is 11.4 Å². The Bertz CT molecular complexity index is 233. The topological polar surface area (TPSA) is 81.4 Å². The standard InChI is InChI=1S/C7H10N2O3/c1-3-9-6(5(8)4-10)7(11)12-2/h3-4,9H,1,8H2,2H3/b6-5-. The Hall–Kier alpha value is -1.78. The molecule has 0 bridgehead atoms. The molecule has 0 atom stereocenters. The van der Waals surface area contributed by atoms with Crippen molar-refractivity contribution in [1.82, 2.24) is 5.32 Å². The van der Waals surface area contributed by atoms with E-state index in [9.17, 15) is 9.59 Å². The average molecular weight is 170 g/mol. The van der Waals surface area contributed by atoms with Crippen LogP contribution in [0.2, 0.25) is 0 Å². The summed E-state index contributed by atoms with van der Waals surface area (Å²) in [5, 5.41) is 2.40. The first kappa shape index (κ1) is 10.2. The van der Waals surface area contributed by atoms with E-state index in [0.717, 1.165) is 0 Å². The van der Waals surface area contributed by atoms with Gasteiger partial charge in [0.05, 0.1) is 7.11 Å². The lowest BCUT2D eigenvalue weighted by Gasteiger charge is -2.04. The van der Waals surface area contributed by atoms with Crippen molar-refractivity contribution in [3.8, 4) is 0 Å². The van der Waals surface area contributed by atoms with E-state index in [1.165, 1.54) is 13.3 Å². The van der Waals surface area contributed by atoms with Crippen LogP contribution in [0.3, 0.4) is 0 Å². The van der Waals surface area contributed by atoms with Gasteiger partial charge in [-0.15, -0.1) is 0 Å². The Kier molecular flexibility index (Phi) is 4.21. The molecule has 5 nitrogen and oxygen atoms in total. The summed E-state index contributed by atoms with van der Waals surface area (Å²) < 4.78 is 4.34. The molecule has 0 aliphatic heterocycles. The second-order valence-corrected chi connectivity index (χ2v) is 1.79. The molecule has 0 radical (unpaired) electrons. The maximum atomic E-state index is 10.9. The zero-order valence-electron chi connectivity index (χ0n) is 6.66. The van der Waals surface area contributed by atoms with Gasteiger partial charge in [0.1, 0.15) is 5.70 Å². The van der Waals surface area contributed by atoms with Crippen molar-refractivity contribution in [2.24, 2.45) is 5.73 Å². The molecule has 0 spiro atoms. The lowest BCUT2D eigenvalue weighted by Crippen LogP contribution is -2.22. The van der Waals surface area contributed by atoms with Crippen molar-refractivity contribution in [2.75, 3.05) is 7.11 Å². The number of nitrogens with one attached hydrogen (secondary N) is 1. The van der Waals surface area contributed by atoms with Crippen LogP contribution in [0.15, 0.2) is 24.2 Å². The second-order valence-electron chi connectivity index (χ2n) is 1.79. The Morgan fingerprint density at radius 3 is 2.58 bits per heavy atom. The molecule has 12 heavy (non-hydrogen) atoms. The molecule has 66 valence electrons. The quantitative estimate of drug-likeness (QED) is 0.330. The fourth-order valence-electron chi connectivity index (χ4n) is 0.523. The zero-order chi connectivity index (χ0) is 9.56. The maximum absolute atomic E-state index is 10.9. The summed E-state index contributed by atoms with van der Waals surface area (Å²) in [5.74, 6) is -0.709. The molecule has 0 aliphatic rings. The molecule has 0 aromatic carbocycles. The Balaban J connectivity index is 4.75. The highest BCUT2D eigenvalue weighted by Gasteiger charge is 2.11. The largest absolute Gasteiger partial charge is 0.464 e. The predicted octanol–water partition coefficient (Wildman–Crippen LogP) is -0.738. The monoisotopic (exact) mass is 170 g/mol. The number of carbonyl (C=O) groups is 2. The second kappa shape index (κ2) is 4.95. The minimum absolute atomic E-state index is 0.109. The normalized spacial score (nSPS) is 11.1. The van der Waals surface area contributed by atoms with Gasteiger partial charge in [0.25, 0.3) is 0 Å². The summed E-state index contributed by atoms with van der Waals surface area (Å²) in [6.07, 6.45) is 1.57. The van der Waals surface area contributed by atoms with Gasteiger partial charge in [-0.2, -0.15) is 0 Å². The number of carbonyl (C=O) groups excluding carboxylic acids is 2. The van der Waals surface area contributed by atoms with Crippen molar-refractivity contribution in [2.45, 2.75) is 0 Å².